The Balaban J connectivity index is 2.42. The average molecular weight is 307 g/mol. The minimum Gasteiger partial charge on any atom is -0.384 e. The van der Waals surface area contributed by atoms with Crippen molar-refractivity contribution in [3.8, 4) is 11.1 Å². The average Bonchev–Trinajstić information content (AvgIpc) is 2.91. The number of anilines is 1. The van der Waals surface area contributed by atoms with Crippen molar-refractivity contribution in [2.75, 3.05) is 12.0 Å². The van der Waals surface area contributed by atoms with Crippen LogP contribution in [0.5, 0.6) is 0 Å². The Hall–Kier alpha value is -1.86. The van der Waals surface area contributed by atoms with E-state index in [9.17, 15) is 8.42 Å². The molecule has 3 N–H and O–H groups in total. The lowest BCUT2D eigenvalue weighted by molar-refractivity contribution is 0.604. The van der Waals surface area contributed by atoms with E-state index in [1.54, 1.807) is 0 Å². The van der Waals surface area contributed by atoms with E-state index < -0.39 is 9.84 Å². The first kappa shape index (κ1) is 13.1. The highest BCUT2D eigenvalue weighted by Gasteiger charge is 2.24. The van der Waals surface area contributed by atoms with E-state index >= 15 is 0 Å². The first-order chi connectivity index (χ1) is 9.38. The van der Waals surface area contributed by atoms with Gasteiger partial charge in [-0.2, -0.15) is 5.10 Å². The van der Waals surface area contributed by atoms with Crippen LogP contribution in [0.1, 0.15) is 5.56 Å². The van der Waals surface area contributed by atoms with E-state index in [1.165, 1.54) is 6.26 Å². The van der Waals surface area contributed by atoms with Gasteiger partial charge in [-0.05, 0) is 12.5 Å². The molecule has 3 rings (SSSR count). The van der Waals surface area contributed by atoms with Crippen LogP contribution in [0.4, 0.5) is 5.82 Å². The molecule has 0 radical (unpaired) electrons. The van der Waals surface area contributed by atoms with Crippen molar-refractivity contribution in [3.63, 3.8) is 0 Å². The summed E-state index contributed by atoms with van der Waals surface area (Å²) in [6.45, 7) is 1.98. The standard InChI is InChI=1S/C13H13N3O2S2/c1-7-3-5-8(6-4-7)9-10-11(14)15-16-12(10)19-13(9)20(2,17)18/h3-6H,1-2H3,(H3,14,15,16). The molecule has 1 aromatic carbocycles. The number of nitrogens with one attached hydrogen (secondary N) is 1. The zero-order valence-electron chi connectivity index (χ0n) is 11.0. The van der Waals surface area contributed by atoms with Gasteiger partial charge >= 0.3 is 0 Å². The molecule has 0 fully saturated rings. The lowest BCUT2D eigenvalue weighted by Crippen LogP contribution is -1.96. The number of nitrogens with two attached hydrogens (primary N) is 1. The van der Waals surface area contributed by atoms with Gasteiger partial charge in [0, 0.05) is 11.8 Å². The predicted molar refractivity (Wildman–Crippen MR) is 81.7 cm³/mol. The van der Waals surface area contributed by atoms with Gasteiger partial charge < -0.3 is 5.73 Å². The van der Waals surface area contributed by atoms with Crippen LogP contribution >= 0.6 is 11.3 Å². The fourth-order valence-electron chi connectivity index (χ4n) is 2.14. The second kappa shape index (κ2) is 4.32. The van der Waals surface area contributed by atoms with Gasteiger partial charge in [0.1, 0.15) is 14.9 Å². The number of hydrogen-bond donors (Lipinski definition) is 2. The van der Waals surface area contributed by atoms with E-state index in [0.29, 0.717) is 25.8 Å². The lowest BCUT2D eigenvalue weighted by atomic mass is 10.0. The van der Waals surface area contributed by atoms with E-state index in [4.69, 9.17) is 5.73 Å². The number of nitrogen functional groups attached to an aromatic ring is 1. The molecular weight excluding hydrogens is 294 g/mol. The van der Waals surface area contributed by atoms with Crippen molar-refractivity contribution in [1.29, 1.82) is 0 Å². The number of nitrogens with zero attached hydrogens (tertiary/aromatic N) is 1. The van der Waals surface area contributed by atoms with Crippen LogP contribution in [0, 0.1) is 6.92 Å². The van der Waals surface area contributed by atoms with E-state index in [-0.39, 0.29) is 0 Å². The Labute approximate surface area is 120 Å². The van der Waals surface area contributed by atoms with Gasteiger partial charge in [0.2, 0.25) is 0 Å². The highest BCUT2D eigenvalue weighted by Crippen LogP contribution is 2.42. The van der Waals surface area contributed by atoms with Gasteiger partial charge in [0.25, 0.3) is 0 Å². The maximum Gasteiger partial charge on any atom is 0.185 e. The number of H-pyrrole nitrogens is 1. The SMILES string of the molecule is Cc1ccc(-c2c(S(C)(=O)=O)sc3n[nH]c(N)c23)cc1. The molecule has 2 heterocycles. The maximum atomic E-state index is 12.0. The molecule has 0 spiro atoms. The molecule has 0 aliphatic rings. The Morgan fingerprint density at radius 1 is 1.25 bits per heavy atom. The quantitative estimate of drug-likeness (QED) is 0.761. The second-order valence-electron chi connectivity index (χ2n) is 4.72. The summed E-state index contributed by atoms with van der Waals surface area (Å²) in [7, 11) is -3.33. The van der Waals surface area contributed by atoms with Gasteiger partial charge in [0.05, 0.1) is 5.39 Å². The molecule has 0 aliphatic heterocycles. The van der Waals surface area contributed by atoms with Crippen molar-refractivity contribution >= 4 is 37.2 Å². The molecule has 0 atom stereocenters. The van der Waals surface area contributed by atoms with Crippen molar-refractivity contribution < 1.29 is 8.42 Å². The molecule has 0 saturated carbocycles. The molecule has 0 saturated heterocycles. The van der Waals surface area contributed by atoms with Crippen LogP contribution in [0.15, 0.2) is 28.5 Å². The monoisotopic (exact) mass is 307 g/mol. The number of aryl methyl sites for hydroxylation is 1. The minimum atomic E-state index is -3.33. The number of thiophene rings is 1. The van der Waals surface area contributed by atoms with Gasteiger partial charge in [-0.1, -0.05) is 29.8 Å². The topological polar surface area (TPSA) is 88.8 Å². The highest BCUT2D eigenvalue weighted by molar-refractivity contribution is 7.93. The number of aromatic nitrogens is 2. The predicted octanol–water partition coefficient (Wildman–Crippen LogP) is 2.59. The van der Waals surface area contributed by atoms with E-state index in [1.807, 2.05) is 31.2 Å². The zero-order valence-corrected chi connectivity index (χ0v) is 12.6. The number of aromatic amines is 1. The summed E-state index contributed by atoms with van der Waals surface area (Å²) < 4.78 is 24.3. The van der Waals surface area contributed by atoms with Gasteiger partial charge in [-0.25, -0.2) is 8.42 Å². The van der Waals surface area contributed by atoms with Crippen LogP contribution in [-0.4, -0.2) is 24.9 Å². The summed E-state index contributed by atoms with van der Waals surface area (Å²) in [4.78, 5) is 0.610. The van der Waals surface area contributed by atoms with Crippen LogP contribution in [0.2, 0.25) is 0 Å². The van der Waals surface area contributed by atoms with Crippen LogP contribution in [0.3, 0.4) is 0 Å². The molecule has 2 aromatic heterocycles. The summed E-state index contributed by atoms with van der Waals surface area (Å²) in [5, 5.41) is 7.44. The smallest absolute Gasteiger partial charge is 0.185 e. The Bertz CT molecular complexity index is 890. The molecule has 0 unspecified atom stereocenters. The molecule has 0 amide bonds. The van der Waals surface area contributed by atoms with Crippen LogP contribution in [-0.2, 0) is 9.84 Å². The van der Waals surface area contributed by atoms with Crippen LogP contribution < -0.4 is 5.73 Å². The van der Waals surface area contributed by atoms with E-state index in [0.717, 1.165) is 22.5 Å². The lowest BCUT2D eigenvalue weighted by Gasteiger charge is -2.04. The largest absolute Gasteiger partial charge is 0.384 e. The number of benzene rings is 1. The number of sulfone groups is 1. The summed E-state index contributed by atoms with van der Waals surface area (Å²) >= 11 is 1.14. The summed E-state index contributed by atoms with van der Waals surface area (Å²) in [6.07, 6.45) is 1.20. The number of fused-ring (bicyclic) bond motifs is 1. The Morgan fingerprint density at radius 3 is 2.50 bits per heavy atom. The maximum absolute atomic E-state index is 12.0. The van der Waals surface area contributed by atoms with Gasteiger partial charge in [0.15, 0.2) is 9.84 Å². The normalized spacial score (nSPS) is 12.1. The van der Waals surface area contributed by atoms with Gasteiger partial charge in [-0.3, -0.25) is 5.10 Å². The molecule has 0 aliphatic carbocycles. The third kappa shape index (κ3) is 1.99. The third-order valence-corrected chi connectivity index (χ3v) is 6.00. The van der Waals surface area contributed by atoms with Crippen molar-refractivity contribution in [1.82, 2.24) is 10.2 Å². The second-order valence-corrected chi connectivity index (χ2v) is 7.93. The molecule has 7 heteroatoms. The molecule has 104 valence electrons. The van der Waals surface area contributed by atoms with Crippen molar-refractivity contribution in [2.24, 2.45) is 0 Å². The summed E-state index contributed by atoms with van der Waals surface area (Å²) in [5.41, 5.74) is 8.47. The van der Waals surface area contributed by atoms with Crippen LogP contribution in [0.25, 0.3) is 21.3 Å². The first-order valence-corrected chi connectivity index (χ1v) is 8.62. The van der Waals surface area contributed by atoms with E-state index in [2.05, 4.69) is 10.2 Å². The number of rotatable bonds is 2. The molecule has 20 heavy (non-hydrogen) atoms. The molecule has 3 aromatic rings. The van der Waals surface area contributed by atoms with Gasteiger partial charge in [-0.15, -0.1) is 11.3 Å². The Kier molecular flexibility index (Phi) is 2.84. The summed E-state index contributed by atoms with van der Waals surface area (Å²) in [6, 6.07) is 7.69. The molecule has 0 bridgehead atoms. The Morgan fingerprint density at radius 2 is 1.90 bits per heavy atom. The summed E-state index contributed by atoms with van der Waals surface area (Å²) in [5.74, 6) is 0.390. The minimum absolute atomic E-state index is 0.305. The molecule has 5 nitrogen and oxygen atoms in total. The van der Waals surface area contributed by atoms with Crippen molar-refractivity contribution in [2.45, 2.75) is 11.1 Å². The fourth-order valence-corrected chi connectivity index (χ4v) is 4.47. The van der Waals surface area contributed by atoms with Crippen molar-refractivity contribution in [3.05, 3.63) is 29.8 Å². The fraction of sp³-hybridized carbons (Fsp3) is 0.154. The zero-order chi connectivity index (χ0) is 14.5. The molecular formula is C13H13N3O2S2. The highest BCUT2D eigenvalue weighted by atomic mass is 32.2. The number of hydrogen-bond acceptors (Lipinski definition) is 5. The first-order valence-electron chi connectivity index (χ1n) is 5.91. The third-order valence-electron chi connectivity index (χ3n) is 3.08.